The molecule has 1 aromatic carbocycles. The molecular formula is C22H24N6O3. The predicted molar refractivity (Wildman–Crippen MR) is 111 cm³/mol. The van der Waals surface area contributed by atoms with Crippen LogP contribution in [0.5, 0.6) is 11.5 Å². The van der Waals surface area contributed by atoms with Crippen LogP contribution in [0.2, 0.25) is 0 Å². The Hall–Kier alpha value is -3.49. The van der Waals surface area contributed by atoms with Crippen LogP contribution in [-0.4, -0.2) is 62.3 Å². The average molecular weight is 420 g/mol. The van der Waals surface area contributed by atoms with Crippen molar-refractivity contribution < 1.29 is 14.3 Å². The molecule has 1 fully saturated rings. The fraction of sp³-hybridized carbons (Fsp3) is 0.409. The molecule has 160 valence electrons. The predicted octanol–water partition coefficient (Wildman–Crippen LogP) is 1.99. The Bertz CT molecular complexity index is 1050. The van der Waals surface area contributed by atoms with Crippen LogP contribution in [0.25, 0.3) is 11.5 Å². The Morgan fingerprint density at radius 2 is 2.03 bits per heavy atom. The number of tetrazole rings is 1. The topological polar surface area (TPSA) is 95.3 Å². The number of carbonyl (C=O) groups excluding carboxylic acids is 1. The van der Waals surface area contributed by atoms with Gasteiger partial charge in [-0.05, 0) is 53.8 Å². The molecule has 0 N–H and O–H groups in total. The lowest BCUT2D eigenvalue weighted by atomic mass is 9.97. The second-order valence-electron chi connectivity index (χ2n) is 7.89. The maximum Gasteiger partial charge on any atom is 0.227 e. The van der Waals surface area contributed by atoms with Crippen LogP contribution in [-0.2, 0) is 17.8 Å². The van der Waals surface area contributed by atoms with E-state index in [1.54, 1.807) is 11.0 Å². The Kier molecular flexibility index (Phi) is 5.47. The van der Waals surface area contributed by atoms with Gasteiger partial charge in [0.05, 0.1) is 13.0 Å². The average Bonchev–Trinajstić information content (AvgIpc) is 3.28. The van der Waals surface area contributed by atoms with Crippen LogP contribution >= 0.6 is 0 Å². The van der Waals surface area contributed by atoms with Gasteiger partial charge in [-0.25, -0.2) is 0 Å². The Morgan fingerprint density at radius 3 is 2.90 bits per heavy atom. The van der Waals surface area contributed by atoms with Crippen LogP contribution in [0.15, 0.2) is 42.6 Å². The molecule has 2 aromatic heterocycles. The highest BCUT2D eigenvalue weighted by molar-refractivity contribution is 5.79. The van der Waals surface area contributed by atoms with E-state index >= 15 is 0 Å². The lowest BCUT2D eigenvalue weighted by Gasteiger charge is -2.32. The fourth-order valence-electron chi connectivity index (χ4n) is 4.07. The molecule has 9 nitrogen and oxygen atoms in total. The van der Waals surface area contributed by atoms with Crippen LogP contribution < -0.4 is 9.47 Å². The third kappa shape index (κ3) is 4.50. The molecule has 3 aromatic rings. The first kappa shape index (κ1) is 19.5. The van der Waals surface area contributed by atoms with Crippen molar-refractivity contribution in [1.82, 2.24) is 30.1 Å². The van der Waals surface area contributed by atoms with E-state index in [2.05, 4.69) is 20.4 Å². The normalized spacial score (nSPS) is 18.1. The molecule has 2 aliphatic rings. The quantitative estimate of drug-likeness (QED) is 0.623. The smallest absolute Gasteiger partial charge is 0.227 e. The van der Waals surface area contributed by atoms with Crippen molar-refractivity contribution >= 4 is 5.91 Å². The summed E-state index contributed by atoms with van der Waals surface area (Å²) in [5.74, 6) is 2.40. The summed E-state index contributed by atoms with van der Waals surface area (Å²) in [6.07, 6.45) is 4.07. The summed E-state index contributed by atoms with van der Waals surface area (Å²) in [6, 6.07) is 11.3. The molecule has 1 saturated heterocycles. The maximum atomic E-state index is 12.9. The summed E-state index contributed by atoms with van der Waals surface area (Å²) < 4.78 is 11.2. The third-order valence-corrected chi connectivity index (χ3v) is 5.60. The van der Waals surface area contributed by atoms with Crippen LogP contribution in [0.4, 0.5) is 0 Å². The minimum absolute atomic E-state index is 0.127. The van der Waals surface area contributed by atoms with Gasteiger partial charge in [0, 0.05) is 19.3 Å². The molecular weight excluding hydrogens is 396 g/mol. The van der Waals surface area contributed by atoms with E-state index in [-0.39, 0.29) is 5.91 Å². The Labute approximate surface area is 180 Å². The number of piperidine rings is 1. The standard InChI is InChI=1S/C22H24N6O3/c29-21(13-16-6-7-19-20(12-16)31-11-10-30-19)27-9-3-4-17(14-27)15-28-25-22(24-26-28)18-5-1-2-8-23-18/h1-2,5-8,12,17H,3-4,9-11,13-15H2/t17-/m1/s1. The number of likely N-dealkylation sites (tertiary alicyclic amines) is 1. The van der Waals surface area contributed by atoms with Gasteiger partial charge in [0.25, 0.3) is 0 Å². The first-order chi connectivity index (χ1) is 15.2. The van der Waals surface area contributed by atoms with Crippen molar-refractivity contribution in [2.45, 2.75) is 25.8 Å². The summed E-state index contributed by atoms with van der Waals surface area (Å²) in [6.45, 7) is 3.21. The van der Waals surface area contributed by atoms with Gasteiger partial charge in [0.1, 0.15) is 18.9 Å². The summed E-state index contributed by atoms with van der Waals surface area (Å²) in [7, 11) is 0. The van der Waals surface area contributed by atoms with Gasteiger partial charge in [0.2, 0.25) is 11.7 Å². The number of aromatic nitrogens is 5. The second-order valence-corrected chi connectivity index (χ2v) is 7.89. The number of fused-ring (bicyclic) bond motifs is 1. The fourth-order valence-corrected chi connectivity index (χ4v) is 4.07. The van der Waals surface area contributed by atoms with Crippen molar-refractivity contribution in [3.63, 3.8) is 0 Å². The number of hydrogen-bond donors (Lipinski definition) is 0. The zero-order chi connectivity index (χ0) is 21.0. The Morgan fingerprint density at radius 1 is 1.13 bits per heavy atom. The van der Waals surface area contributed by atoms with Gasteiger partial charge in [-0.1, -0.05) is 12.1 Å². The third-order valence-electron chi connectivity index (χ3n) is 5.60. The molecule has 0 aliphatic carbocycles. The van der Waals surface area contributed by atoms with E-state index in [1.807, 2.05) is 41.3 Å². The number of hydrogen-bond acceptors (Lipinski definition) is 7. The largest absolute Gasteiger partial charge is 0.486 e. The lowest BCUT2D eigenvalue weighted by Crippen LogP contribution is -2.42. The van der Waals surface area contributed by atoms with E-state index in [0.717, 1.165) is 30.7 Å². The lowest BCUT2D eigenvalue weighted by molar-refractivity contribution is -0.132. The van der Waals surface area contributed by atoms with E-state index in [0.29, 0.717) is 55.9 Å². The minimum atomic E-state index is 0.127. The van der Waals surface area contributed by atoms with Crippen molar-refractivity contribution in [1.29, 1.82) is 0 Å². The molecule has 0 saturated carbocycles. The highest BCUT2D eigenvalue weighted by Gasteiger charge is 2.25. The van der Waals surface area contributed by atoms with Crippen molar-refractivity contribution in [2.75, 3.05) is 26.3 Å². The molecule has 5 rings (SSSR count). The van der Waals surface area contributed by atoms with Gasteiger partial charge in [0.15, 0.2) is 11.5 Å². The van der Waals surface area contributed by atoms with Crippen LogP contribution in [0.3, 0.4) is 0 Å². The van der Waals surface area contributed by atoms with Crippen molar-refractivity contribution in [2.24, 2.45) is 5.92 Å². The molecule has 0 radical (unpaired) electrons. The second kappa shape index (κ2) is 8.71. The molecule has 31 heavy (non-hydrogen) atoms. The van der Waals surface area contributed by atoms with E-state index in [4.69, 9.17) is 9.47 Å². The molecule has 2 aliphatic heterocycles. The van der Waals surface area contributed by atoms with Gasteiger partial charge in [-0.2, -0.15) is 4.80 Å². The number of ether oxygens (including phenoxy) is 2. The number of pyridine rings is 1. The number of amides is 1. The van der Waals surface area contributed by atoms with Crippen LogP contribution in [0.1, 0.15) is 18.4 Å². The molecule has 4 heterocycles. The summed E-state index contributed by atoms with van der Waals surface area (Å²) in [5.41, 5.74) is 1.64. The monoisotopic (exact) mass is 420 g/mol. The van der Waals surface area contributed by atoms with Crippen LogP contribution in [0, 0.1) is 5.92 Å². The van der Waals surface area contributed by atoms with Crippen molar-refractivity contribution in [3.8, 4) is 23.0 Å². The van der Waals surface area contributed by atoms with Gasteiger partial charge < -0.3 is 14.4 Å². The number of benzene rings is 1. The zero-order valence-corrected chi connectivity index (χ0v) is 17.2. The maximum absolute atomic E-state index is 12.9. The highest BCUT2D eigenvalue weighted by Crippen LogP contribution is 2.31. The number of rotatable bonds is 5. The number of carbonyl (C=O) groups is 1. The Balaban J connectivity index is 1.19. The summed E-state index contributed by atoms with van der Waals surface area (Å²) in [5, 5.41) is 12.7. The minimum Gasteiger partial charge on any atom is -0.486 e. The molecule has 1 amide bonds. The van der Waals surface area contributed by atoms with E-state index in [1.165, 1.54) is 0 Å². The number of nitrogens with zero attached hydrogens (tertiary/aromatic N) is 6. The van der Waals surface area contributed by atoms with Crippen molar-refractivity contribution in [3.05, 3.63) is 48.2 Å². The molecule has 1 atom stereocenters. The SMILES string of the molecule is O=C(Cc1ccc2c(c1)OCCO2)N1CCC[C@@H](Cn2nnc(-c3ccccn3)n2)C1. The zero-order valence-electron chi connectivity index (χ0n) is 17.2. The molecule has 9 heteroatoms. The molecule has 0 unspecified atom stereocenters. The molecule has 0 bridgehead atoms. The first-order valence-electron chi connectivity index (χ1n) is 10.6. The van der Waals surface area contributed by atoms with E-state index in [9.17, 15) is 4.79 Å². The first-order valence-corrected chi connectivity index (χ1v) is 10.6. The van der Waals surface area contributed by atoms with Gasteiger partial charge >= 0.3 is 0 Å². The van der Waals surface area contributed by atoms with Gasteiger partial charge in [-0.15, -0.1) is 10.2 Å². The summed E-state index contributed by atoms with van der Waals surface area (Å²) >= 11 is 0. The summed E-state index contributed by atoms with van der Waals surface area (Å²) in [4.78, 5) is 20.7. The molecule has 0 spiro atoms. The van der Waals surface area contributed by atoms with Gasteiger partial charge in [-0.3, -0.25) is 9.78 Å². The van der Waals surface area contributed by atoms with E-state index < -0.39 is 0 Å². The highest BCUT2D eigenvalue weighted by atomic mass is 16.6.